The van der Waals surface area contributed by atoms with Crippen LogP contribution >= 0.6 is 0 Å². The molecule has 35 heavy (non-hydrogen) atoms. The molecule has 2 aliphatic rings. The molecule has 0 N–H and O–H groups in total. The first-order valence-electron chi connectivity index (χ1n) is 11.6. The summed E-state index contributed by atoms with van der Waals surface area (Å²) in [7, 11) is 3.23. The standard InChI is InChI=1S/C27H27N3O5/c1-15-6-8-16(9-7-15)21-20-22(28(4)26(32)29(5)25(20)31)23-24(33-13-27(2,3)30(21)23)17-10-11-18-19(12-17)35-14-34-18/h6-12,24H,13-14H2,1-5H3/t24-/m0/s1. The number of hydrogen-bond donors (Lipinski definition) is 0. The Hall–Kier alpha value is -3.78. The van der Waals surface area contributed by atoms with E-state index >= 15 is 0 Å². The van der Waals surface area contributed by atoms with Crippen LogP contribution in [0, 0.1) is 6.92 Å². The minimum atomic E-state index is -0.503. The van der Waals surface area contributed by atoms with Gasteiger partial charge in [-0.15, -0.1) is 0 Å². The maximum Gasteiger partial charge on any atom is 0.331 e. The Morgan fingerprint density at radius 2 is 1.66 bits per heavy atom. The number of fused-ring (bicyclic) bond motifs is 4. The fourth-order valence-electron chi connectivity index (χ4n) is 5.31. The first-order chi connectivity index (χ1) is 16.7. The number of nitrogens with zero attached hydrogens (tertiary/aromatic N) is 3. The molecule has 6 rings (SSSR count). The van der Waals surface area contributed by atoms with Gasteiger partial charge in [-0.25, -0.2) is 4.79 Å². The molecule has 0 saturated carbocycles. The van der Waals surface area contributed by atoms with Crippen LogP contribution in [0.25, 0.3) is 22.2 Å². The van der Waals surface area contributed by atoms with E-state index < -0.39 is 11.6 Å². The van der Waals surface area contributed by atoms with Crippen LogP contribution in [-0.2, 0) is 24.4 Å². The van der Waals surface area contributed by atoms with E-state index in [1.807, 2.05) is 49.4 Å². The average molecular weight is 474 g/mol. The molecule has 0 saturated heterocycles. The number of aryl methyl sites for hydroxylation is 2. The van der Waals surface area contributed by atoms with Gasteiger partial charge in [-0.2, -0.15) is 0 Å². The van der Waals surface area contributed by atoms with Crippen molar-refractivity contribution >= 4 is 10.9 Å². The maximum atomic E-state index is 13.6. The van der Waals surface area contributed by atoms with Crippen LogP contribution in [-0.4, -0.2) is 27.1 Å². The van der Waals surface area contributed by atoms with Gasteiger partial charge in [0.1, 0.15) is 6.10 Å². The lowest BCUT2D eigenvalue weighted by Gasteiger charge is -2.39. The minimum absolute atomic E-state index is 0.179. The number of hydrogen-bond acceptors (Lipinski definition) is 5. The molecule has 0 fully saturated rings. The van der Waals surface area contributed by atoms with E-state index in [0.29, 0.717) is 29.0 Å². The first-order valence-corrected chi connectivity index (χ1v) is 11.6. The summed E-state index contributed by atoms with van der Waals surface area (Å²) in [5.41, 5.74) is 3.92. The van der Waals surface area contributed by atoms with E-state index in [-0.39, 0.29) is 18.0 Å². The summed E-state index contributed by atoms with van der Waals surface area (Å²) in [5.74, 6) is 1.34. The molecule has 0 unspecified atom stereocenters. The molecular formula is C27H27N3O5. The van der Waals surface area contributed by atoms with Gasteiger partial charge in [0.15, 0.2) is 11.5 Å². The van der Waals surface area contributed by atoms with Crippen LogP contribution in [0.15, 0.2) is 52.1 Å². The molecule has 0 spiro atoms. The number of ether oxygens (including phenoxy) is 3. The zero-order valence-electron chi connectivity index (χ0n) is 20.4. The SMILES string of the molecule is Cc1ccc(-c2c3c(=O)n(C)c(=O)n(C)c3c3n2C(C)(C)CO[C@H]3c2ccc3c(c2)OCO3)cc1. The molecule has 2 aliphatic heterocycles. The second-order valence-corrected chi connectivity index (χ2v) is 9.98. The lowest BCUT2D eigenvalue weighted by atomic mass is 9.97. The molecule has 8 heteroatoms. The van der Waals surface area contributed by atoms with Crippen molar-refractivity contribution < 1.29 is 14.2 Å². The Morgan fingerprint density at radius 1 is 0.943 bits per heavy atom. The van der Waals surface area contributed by atoms with Crippen molar-refractivity contribution in [3.8, 4) is 22.8 Å². The van der Waals surface area contributed by atoms with E-state index in [1.165, 1.54) is 11.6 Å². The Labute approximate surface area is 201 Å². The van der Waals surface area contributed by atoms with Crippen LogP contribution in [0.4, 0.5) is 0 Å². The first kappa shape index (κ1) is 21.7. The number of rotatable bonds is 2. The lowest BCUT2D eigenvalue weighted by molar-refractivity contribution is -0.00713. The van der Waals surface area contributed by atoms with Gasteiger partial charge in [0.25, 0.3) is 5.56 Å². The predicted octanol–water partition coefficient (Wildman–Crippen LogP) is 3.60. The van der Waals surface area contributed by atoms with Crippen molar-refractivity contribution in [1.29, 1.82) is 0 Å². The van der Waals surface area contributed by atoms with Crippen molar-refractivity contribution in [2.45, 2.75) is 32.4 Å². The second-order valence-electron chi connectivity index (χ2n) is 9.98. The van der Waals surface area contributed by atoms with Gasteiger partial charge in [-0.3, -0.25) is 13.9 Å². The second kappa shape index (κ2) is 7.36. The molecule has 2 aromatic heterocycles. The molecule has 0 radical (unpaired) electrons. The third-order valence-corrected chi connectivity index (χ3v) is 7.09. The molecule has 4 aromatic rings. The number of benzene rings is 2. The monoisotopic (exact) mass is 473 g/mol. The zero-order chi connectivity index (χ0) is 24.6. The average Bonchev–Trinajstić information content (AvgIpc) is 3.45. The van der Waals surface area contributed by atoms with Crippen molar-refractivity contribution in [1.82, 2.24) is 13.7 Å². The quantitative estimate of drug-likeness (QED) is 0.445. The van der Waals surface area contributed by atoms with E-state index in [0.717, 1.165) is 28.1 Å². The topological polar surface area (TPSA) is 76.6 Å². The fourth-order valence-corrected chi connectivity index (χ4v) is 5.31. The van der Waals surface area contributed by atoms with Gasteiger partial charge in [0.2, 0.25) is 6.79 Å². The van der Waals surface area contributed by atoms with Gasteiger partial charge in [0.05, 0.1) is 34.4 Å². The van der Waals surface area contributed by atoms with E-state index in [1.54, 1.807) is 11.6 Å². The third kappa shape index (κ3) is 3.02. The van der Waals surface area contributed by atoms with Crippen LogP contribution < -0.4 is 20.7 Å². The largest absolute Gasteiger partial charge is 0.454 e. The van der Waals surface area contributed by atoms with E-state index in [9.17, 15) is 9.59 Å². The number of aromatic nitrogens is 3. The van der Waals surface area contributed by atoms with Crippen LogP contribution in [0.3, 0.4) is 0 Å². The van der Waals surface area contributed by atoms with Gasteiger partial charge in [-0.05, 0) is 44.0 Å². The smallest absolute Gasteiger partial charge is 0.331 e. The van der Waals surface area contributed by atoms with Crippen LogP contribution in [0.1, 0.15) is 36.8 Å². The van der Waals surface area contributed by atoms with E-state index in [2.05, 4.69) is 18.4 Å². The van der Waals surface area contributed by atoms with Crippen molar-refractivity contribution in [2.75, 3.05) is 13.4 Å². The van der Waals surface area contributed by atoms with E-state index in [4.69, 9.17) is 14.2 Å². The summed E-state index contributed by atoms with van der Waals surface area (Å²) >= 11 is 0. The highest BCUT2D eigenvalue weighted by molar-refractivity contribution is 5.96. The zero-order valence-corrected chi connectivity index (χ0v) is 20.4. The highest BCUT2D eigenvalue weighted by atomic mass is 16.7. The van der Waals surface area contributed by atoms with Crippen molar-refractivity contribution in [3.05, 3.63) is 80.1 Å². The normalized spacial score (nSPS) is 18.1. The molecule has 0 aliphatic carbocycles. The summed E-state index contributed by atoms with van der Waals surface area (Å²) in [6.07, 6.45) is -0.503. The predicted molar refractivity (Wildman–Crippen MR) is 132 cm³/mol. The molecule has 0 amide bonds. The highest BCUT2D eigenvalue weighted by Gasteiger charge is 2.41. The molecule has 1 atom stereocenters. The summed E-state index contributed by atoms with van der Waals surface area (Å²) in [5, 5.41) is 0.512. The minimum Gasteiger partial charge on any atom is -0.454 e. The van der Waals surface area contributed by atoms with Crippen molar-refractivity contribution in [2.24, 2.45) is 14.1 Å². The molecule has 180 valence electrons. The van der Waals surface area contributed by atoms with Gasteiger partial charge in [0, 0.05) is 14.1 Å². The Morgan fingerprint density at radius 3 is 2.40 bits per heavy atom. The molecular weight excluding hydrogens is 446 g/mol. The summed E-state index contributed by atoms with van der Waals surface area (Å²) in [6, 6.07) is 13.9. The Bertz CT molecular complexity index is 1620. The van der Waals surface area contributed by atoms with Gasteiger partial charge >= 0.3 is 5.69 Å². The molecule has 4 heterocycles. The molecule has 0 bridgehead atoms. The maximum absolute atomic E-state index is 13.6. The molecule has 2 aromatic carbocycles. The van der Waals surface area contributed by atoms with Gasteiger partial charge < -0.3 is 18.8 Å². The molecule has 8 nitrogen and oxygen atoms in total. The summed E-state index contributed by atoms with van der Waals surface area (Å²) in [6.45, 7) is 6.81. The summed E-state index contributed by atoms with van der Waals surface area (Å²) < 4.78 is 22.5. The Kier molecular flexibility index (Phi) is 4.57. The van der Waals surface area contributed by atoms with Crippen LogP contribution in [0.2, 0.25) is 0 Å². The Balaban J connectivity index is 1.77. The summed E-state index contributed by atoms with van der Waals surface area (Å²) in [4.78, 5) is 26.7. The lowest BCUT2D eigenvalue weighted by Crippen LogP contribution is -2.40. The fraction of sp³-hybridized carbons (Fsp3) is 0.333. The van der Waals surface area contributed by atoms with Gasteiger partial charge in [-0.1, -0.05) is 35.9 Å². The third-order valence-electron chi connectivity index (χ3n) is 7.09. The van der Waals surface area contributed by atoms with Crippen LogP contribution in [0.5, 0.6) is 11.5 Å². The van der Waals surface area contributed by atoms with Crippen molar-refractivity contribution in [3.63, 3.8) is 0 Å². The highest BCUT2D eigenvalue weighted by Crippen LogP contribution is 2.46.